The van der Waals surface area contributed by atoms with Crippen LogP contribution in [-0.4, -0.2) is 18.0 Å². The Balaban J connectivity index is 2.03. The normalized spacial score (nSPS) is 11.7. The van der Waals surface area contributed by atoms with E-state index in [0.717, 1.165) is 0 Å². The summed E-state index contributed by atoms with van der Waals surface area (Å²) in [4.78, 5) is 24.1. The number of nitrogens with one attached hydrogen (secondary N) is 1. The van der Waals surface area contributed by atoms with Gasteiger partial charge in [-0.3, -0.25) is 4.79 Å². The molecule has 7 heteroatoms. The van der Waals surface area contributed by atoms with Crippen LogP contribution in [0.1, 0.15) is 17.3 Å². The van der Waals surface area contributed by atoms with E-state index in [9.17, 15) is 9.59 Å². The molecule has 2 aromatic carbocycles. The highest BCUT2D eigenvalue weighted by Crippen LogP contribution is 2.23. The molecule has 0 aliphatic carbocycles. The summed E-state index contributed by atoms with van der Waals surface area (Å²) in [5, 5.41) is 3.53. The second-order valence-corrected chi connectivity index (χ2v) is 5.89. The van der Waals surface area contributed by atoms with Crippen LogP contribution in [0.15, 0.2) is 42.5 Å². The molecule has 0 saturated heterocycles. The maximum atomic E-state index is 12.1. The number of anilines is 1. The Labute approximate surface area is 148 Å². The van der Waals surface area contributed by atoms with Crippen molar-refractivity contribution < 1.29 is 14.3 Å². The highest BCUT2D eigenvalue weighted by Gasteiger charge is 2.21. The van der Waals surface area contributed by atoms with Crippen molar-refractivity contribution in [1.29, 1.82) is 0 Å². The number of hydrogen-bond acceptors (Lipinski definition) is 3. The van der Waals surface area contributed by atoms with Crippen molar-refractivity contribution in [2.75, 3.05) is 5.32 Å². The third kappa shape index (κ3) is 4.61. The van der Waals surface area contributed by atoms with Crippen LogP contribution < -0.4 is 5.32 Å². The molecular formula is C16H12Cl3NO3. The van der Waals surface area contributed by atoms with Crippen molar-refractivity contribution in [3.63, 3.8) is 0 Å². The van der Waals surface area contributed by atoms with Crippen LogP contribution in [0, 0.1) is 0 Å². The number of para-hydroxylation sites is 1. The Hall–Kier alpha value is -1.75. The number of rotatable bonds is 4. The standard InChI is InChI=1S/C16H12Cl3NO3/c1-9(15(21)20-14-5-3-2-4-12(14)18)23-16(22)11-7-6-10(17)8-13(11)19/h2-9H,1H3,(H,20,21)/t9-/m1/s1. The summed E-state index contributed by atoms with van der Waals surface area (Å²) >= 11 is 17.7. The Morgan fingerprint density at radius 1 is 1.04 bits per heavy atom. The van der Waals surface area contributed by atoms with Gasteiger partial charge in [0.2, 0.25) is 0 Å². The van der Waals surface area contributed by atoms with Gasteiger partial charge in [0, 0.05) is 5.02 Å². The number of ether oxygens (including phenoxy) is 1. The zero-order chi connectivity index (χ0) is 17.0. The van der Waals surface area contributed by atoms with Crippen molar-refractivity contribution in [3.05, 3.63) is 63.1 Å². The molecule has 1 N–H and O–H groups in total. The van der Waals surface area contributed by atoms with Gasteiger partial charge in [0.15, 0.2) is 6.10 Å². The zero-order valence-electron chi connectivity index (χ0n) is 12.0. The molecule has 120 valence electrons. The third-order valence-corrected chi connectivity index (χ3v) is 3.81. The molecule has 0 bridgehead atoms. The number of halogens is 3. The Morgan fingerprint density at radius 2 is 1.74 bits per heavy atom. The summed E-state index contributed by atoms with van der Waals surface area (Å²) in [7, 11) is 0. The van der Waals surface area contributed by atoms with E-state index in [1.807, 2.05) is 0 Å². The maximum Gasteiger partial charge on any atom is 0.340 e. The van der Waals surface area contributed by atoms with Crippen LogP contribution in [0.2, 0.25) is 15.1 Å². The van der Waals surface area contributed by atoms with Crippen LogP contribution in [0.4, 0.5) is 5.69 Å². The molecule has 0 unspecified atom stereocenters. The lowest BCUT2D eigenvalue weighted by Gasteiger charge is -2.14. The lowest BCUT2D eigenvalue weighted by atomic mass is 10.2. The van der Waals surface area contributed by atoms with Crippen LogP contribution in [0.5, 0.6) is 0 Å². The first-order valence-electron chi connectivity index (χ1n) is 6.60. The quantitative estimate of drug-likeness (QED) is 0.782. The summed E-state index contributed by atoms with van der Waals surface area (Å²) < 4.78 is 5.11. The van der Waals surface area contributed by atoms with Crippen molar-refractivity contribution in [2.24, 2.45) is 0 Å². The molecule has 2 aromatic rings. The highest BCUT2D eigenvalue weighted by atomic mass is 35.5. The maximum absolute atomic E-state index is 12.1. The third-order valence-electron chi connectivity index (χ3n) is 2.94. The van der Waals surface area contributed by atoms with E-state index < -0.39 is 18.0 Å². The molecule has 1 atom stereocenters. The number of carbonyl (C=O) groups is 2. The predicted molar refractivity (Wildman–Crippen MR) is 91.4 cm³/mol. The molecule has 1 amide bonds. The highest BCUT2D eigenvalue weighted by molar-refractivity contribution is 6.36. The van der Waals surface area contributed by atoms with Crippen molar-refractivity contribution >= 4 is 52.4 Å². The molecule has 0 aliphatic heterocycles. The van der Waals surface area contributed by atoms with E-state index in [-0.39, 0.29) is 10.6 Å². The fourth-order valence-corrected chi connectivity index (χ4v) is 2.40. The first-order valence-corrected chi connectivity index (χ1v) is 7.73. The zero-order valence-corrected chi connectivity index (χ0v) is 14.2. The molecule has 23 heavy (non-hydrogen) atoms. The molecule has 0 aliphatic rings. The van der Waals surface area contributed by atoms with Gasteiger partial charge in [-0.15, -0.1) is 0 Å². The monoisotopic (exact) mass is 371 g/mol. The molecule has 0 heterocycles. The van der Waals surface area contributed by atoms with Gasteiger partial charge in [-0.2, -0.15) is 0 Å². The number of hydrogen-bond donors (Lipinski definition) is 1. The minimum atomic E-state index is -1.02. The summed E-state index contributed by atoms with van der Waals surface area (Å²) in [6.07, 6.45) is -1.02. The number of amides is 1. The second-order valence-electron chi connectivity index (χ2n) is 4.64. The minimum Gasteiger partial charge on any atom is -0.449 e. The van der Waals surface area contributed by atoms with Gasteiger partial charge >= 0.3 is 5.97 Å². The molecule has 0 spiro atoms. The van der Waals surface area contributed by atoms with Crippen LogP contribution in [0.3, 0.4) is 0 Å². The van der Waals surface area contributed by atoms with Crippen LogP contribution >= 0.6 is 34.8 Å². The van der Waals surface area contributed by atoms with E-state index in [4.69, 9.17) is 39.5 Å². The molecule has 2 rings (SSSR count). The van der Waals surface area contributed by atoms with E-state index in [0.29, 0.717) is 15.7 Å². The molecule has 4 nitrogen and oxygen atoms in total. The predicted octanol–water partition coefficient (Wildman–Crippen LogP) is 4.83. The SMILES string of the molecule is C[C@@H](OC(=O)c1ccc(Cl)cc1Cl)C(=O)Nc1ccccc1Cl. The van der Waals surface area contributed by atoms with Crippen molar-refractivity contribution in [2.45, 2.75) is 13.0 Å². The van der Waals surface area contributed by atoms with Gasteiger partial charge in [-0.1, -0.05) is 46.9 Å². The molecule has 0 fully saturated rings. The fourth-order valence-electron chi connectivity index (χ4n) is 1.73. The number of carbonyl (C=O) groups excluding carboxylic acids is 2. The van der Waals surface area contributed by atoms with Gasteiger partial charge in [0.1, 0.15) is 0 Å². The minimum absolute atomic E-state index is 0.133. The lowest BCUT2D eigenvalue weighted by Crippen LogP contribution is -2.30. The molecular weight excluding hydrogens is 361 g/mol. The van der Waals surface area contributed by atoms with Gasteiger partial charge in [0.05, 0.1) is 21.3 Å². The average molecular weight is 373 g/mol. The second kappa shape index (κ2) is 7.68. The largest absolute Gasteiger partial charge is 0.449 e. The van der Waals surface area contributed by atoms with Gasteiger partial charge in [-0.05, 0) is 37.3 Å². The Bertz CT molecular complexity index is 749. The summed E-state index contributed by atoms with van der Waals surface area (Å²) in [6, 6.07) is 11.1. The lowest BCUT2D eigenvalue weighted by molar-refractivity contribution is -0.123. The molecule has 0 saturated carbocycles. The van der Waals surface area contributed by atoms with Gasteiger partial charge in [-0.25, -0.2) is 4.79 Å². The number of benzene rings is 2. The van der Waals surface area contributed by atoms with E-state index in [1.165, 1.54) is 25.1 Å². The first kappa shape index (κ1) is 17.6. The Kier molecular flexibility index (Phi) is 5.88. The van der Waals surface area contributed by atoms with Gasteiger partial charge < -0.3 is 10.1 Å². The van der Waals surface area contributed by atoms with Gasteiger partial charge in [0.25, 0.3) is 5.91 Å². The summed E-state index contributed by atoms with van der Waals surface area (Å²) in [5.41, 5.74) is 0.569. The van der Waals surface area contributed by atoms with Crippen LogP contribution in [0.25, 0.3) is 0 Å². The molecule has 0 radical (unpaired) electrons. The van der Waals surface area contributed by atoms with Crippen molar-refractivity contribution in [3.8, 4) is 0 Å². The fraction of sp³-hybridized carbons (Fsp3) is 0.125. The summed E-state index contributed by atoms with van der Waals surface area (Å²) in [6.45, 7) is 1.45. The van der Waals surface area contributed by atoms with E-state index in [2.05, 4.69) is 5.32 Å². The first-order chi connectivity index (χ1) is 10.9. The number of esters is 1. The topological polar surface area (TPSA) is 55.4 Å². The summed E-state index contributed by atoms with van der Waals surface area (Å²) in [5.74, 6) is -1.22. The average Bonchev–Trinajstić information content (AvgIpc) is 2.49. The van der Waals surface area contributed by atoms with E-state index in [1.54, 1.807) is 24.3 Å². The Morgan fingerprint density at radius 3 is 2.39 bits per heavy atom. The van der Waals surface area contributed by atoms with Crippen LogP contribution in [-0.2, 0) is 9.53 Å². The smallest absolute Gasteiger partial charge is 0.340 e. The van der Waals surface area contributed by atoms with E-state index >= 15 is 0 Å². The van der Waals surface area contributed by atoms with Crippen molar-refractivity contribution in [1.82, 2.24) is 0 Å². The molecule has 0 aromatic heterocycles.